The van der Waals surface area contributed by atoms with Gasteiger partial charge in [0.25, 0.3) is 0 Å². The van der Waals surface area contributed by atoms with Gasteiger partial charge in [-0.2, -0.15) is 0 Å². The van der Waals surface area contributed by atoms with Gasteiger partial charge < -0.3 is 0 Å². The molecule has 0 aromatic rings. The van der Waals surface area contributed by atoms with Crippen LogP contribution in [0.1, 0.15) is 12.8 Å². The molecular formula is C10H12Cr. The first-order chi connectivity index (χ1) is 4.95. The molecule has 0 nitrogen and oxygen atoms in total. The average molecular weight is 184 g/mol. The molecule has 3 rings (SSSR count). The second kappa shape index (κ2) is 2.51. The maximum absolute atomic E-state index is 2.44. The number of allylic oxidation sites excluding steroid dienone is 4. The zero-order valence-electron chi connectivity index (χ0n) is 6.44. The van der Waals surface area contributed by atoms with Crippen molar-refractivity contribution in [1.29, 1.82) is 0 Å². The van der Waals surface area contributed by atoms with E-state index in [-0.39, 0.29) is 17.4 Å². The third kappa shape index (κ3) is 0.881. The first-order valence-electron chi connectivity index (χ1n) is 4.30. The van der Waals surface area contributed by atoms with Crippen molar-refractivity contribution in [2.75, 3.05) is 0 Å². The van der Waals surface area contributed by atoms with Crippen molar-refractivity contribution >= 4 is 0 Å². The molecule has 1 saturated carbocycles. The smallest absolute Gasteiger partial charge is 0 e. The Kier molecular flexibility index (Phi) is 1.74. The molecule has 11 heavy (non-hydrogen) atoms. The van der Waals surface area contributed by atoms with Crippen LogP contribution < -0.4 is 0 Å². The van der Waals surface area contributed by atoms with Gasteiger partial charge in [-0.05, 0) is 36.5 Å². The molecule has 0 aromatic carbocycles. The number of rotatable bonds is 0. The summed E-state index contributed by atoms with van der Waals surface area (Å²) in [7, 11) is 0. The van der Waals surface area contributed by atoms with Crippen LogP contribution in [0.25, 0.3) is 0 Å². The summed E-state index contributed by atoms with van der Waals surface area (Å²) in [6, 6.07) is 0. The van der Waals surface area contributed by atoms with Gasteiger partial charge in [0, 0.05) is 17.4 Å². The van der Waals surface area contributed by atoms with Gasteiger partial charge in [0.2, 0.25) is 0 Å². The first-order valence-corrected chi connectivity index (χ1v) is 4.30. The predicted octanol–water partition coefficient (Wildman–Crippen LogP) is 2.38. The molecule has 3 aliphatic rings. The Morgan fingerprint density at radius 3 is 2.64 bits per heavy atom. The summed E-state index contributed by atoms with van der Waals surface area (Å²) in [5, 5.41) is 0. The van der Waals surface area contributed by atoms with E-state index in [0.717, 1.165) is 23.7 Å². The zero-order chi connectivity index (χ0) is 6.55. The minimum Gasteiger partial charge on any atom is -0.0879 e. The van der Waals surface area contributed by atoms with Gasteiger partial charge in [-0.1, -0.05) is 24.3 Å². The Bertz CT molecular complexity index is 217. The van der Waals surface area contributed by atoms with Crippen LogP contribution in [0.5, 0.6) is 0 Å². The van der Waals surface area contributed by atoms with Crippen LogP contribution in [0.3, 0.4) is 0 Å². The molecule has 0 aliphatic heterocycles. The Morgan fingerprint density at radius 2 is 1.82 bits per heavy atom. The fraction of sp³-hybridized carbons (Fsp3) is 0.600. The topological polar surface area (TPSA) is 0 Å². The van der Waals surface area contributed by atoms with Crippen molar-refractivity contribution in [3.63, 3.8) is 0 Å². The monoisotopic (exact) mass is 184 g/mol. The van der Waals surface area contributed by atoms with Crippen LogP contribution in [0.15, 0.2) is 24.3 Å². The molecule has 0 saturated heterocycles. The first kappa shape index (κ1) is 7.65. The van der Waals surface area contributed by atoms with Crippen molar-refractivity contribution in [3.05, 3.63) is 24.3 Å². The molecule has 2 bridgehead atoms. The summed E-state index contributed by atoms with van der Waals surface area (Å²) in [6.07, 6.45) is 12.5. The second-order valence-electron chi connectivity index (χ2n) is 3.85. The molecule has 0 aromatic heterocycles. The van der Waals surface area contributed by atoms with Crippen LogP contribution in [0, 0.1) is 23.7 Å². The van der Waals surface area contributed by atoms with E-state index >= 15 is 0 Å². The fourth-order valence-corrected chi connectivity index (χ4v) is 2.97. The van der Waals surface area contributed by atoms with Crippen LogP contribution in [-0.4, -0.2) is 0 Å². The third-order valence-electron chi connectivity index (χ3n) is 3.46. The van der Waals surface area contributed by atoms with E-state index in [1.165, 1.54) is 12.8 Å². The van der Waals surface area contributed by atoms with E-state index in [1.807, 2.05) is 0 Å². The van der Waals surface area contributed by atoms with Crippen LogP contribution in [0.4, 0.5) is 0 Å². The third-order valence-corrected chi connectivity index (χ3v) is 3.46. The Hall–Kier alpha value is 0.0125. The Balaban J connectivity index is 0.000000480. The number of hydrogen-bond acceptors (Lipinski definition) is 0. The van der Waals surface area contributed by atoms with Crippen molar-refractivity contribution in [2.24, 2.45) is 23.7 Å². The predicted molar refractivity (Wildman–Crippen MR) is 41.5 cm³/mol. The minimum atomic E-state index is 0. The summed E-state index contributed by atoms with van der Waals surface area (Å²) in [6.45, 7) is 0. The van der Waals surface area contributed by atoms with Crippen molar-refractivity contribution in [1.82, 2.24) is 0 Å². The molecule has 3 aliphatic carbocycles. The van der Waals surface area contributed by atoms with Crippen LogP contribution in [-0.2, 0) is 17.4 Å². The molecule has 4 unspecified atom stereocenters. The quantitative estimate of drug-likeness (QED) is 0.507. The molecule has 1 heteroatoms. The van der Waals surface area contributed by atoms with Gasteiger partial charge in [0.05, 0.1) is 0 Å². The van der Waals surface area contributed by atoms with Crippen molar-refractivity contribution in [2.45, 2.75) is 12.8 Å². The van der Waals surface area contributed by atoms with E-state index in [4.69, 9.17) is 0 Å². The second-order valence-corrected chi connectivity index (χ2v) is 3.85. The molecule has 0 amide bonds. The molecule has 0 N–H and O–H groups in total. The maximum atomic E-state index is 2.44. The van der Waals surface area contributed by atoms with E-state index in [2.05, 4.69) is 24.3 Å². The van der Waals surface area contributed by atoms with Crippen molar-refractivity contribution in [3.8, 4) is 0 Å². The fourth-order valence-electron chi connectivity index (χ4n) is 2.97. The van der Waals surface area contributed by atoms with E-state index in [9.17, 15) is 0 Å². The summed E-state index contributed by atoms with van der Waals surface area (Å²) in [5.74, 6) is 3.82. The average Bonchev–Trinajstić information content (AvgIpc) is 2.60. The van der Waals surface area contributed by atoms with Gasteiger partial charge in [0.15, 0.2) is 0 Å². The number of fused-ring (bicyclic) bond motifs is 5. The van der Waals surface area contributed by atoms with Crippen LogP contribution in [0.2, 0.25) is 0 Å². The van der Waals surface area contributed by atoms with E-state index in [1.54, 1.807) is 0 Å². The van der Waals surface area contributed by atoms with Crippen molar-refractivity contribution < 1.29 is 17.4 Å². The SMILES string of the molecule is C1=CC2C3C=CC(C3)C2C1.[Cr]. The zero-order valence-corrected chi connectivity index (χ0v) is 7.72. The summed E-state index contributed by atoms with van der Waals surface area (Å²) < 4.78 is 0. The summed E-state index contributed by atoms with van der Waals surface area (Å²) in [5.41, 5.74) is 0. The molecule has 1 fully saturated rings. The Morgan fingerprint density at radius 1 is 1.00 bits per heavy atom. The number of hydrogen-bond donors (Lipinski definition) is 0. The maximum Gasteiger partial charge on any atom is 0 e. The normalized spacial score (nSPS) is 49.5. The van der Waals surface area contributed by atoms with Gasteiger partial charge in [-0.15, -0.1) is 0 Å². The van der Waals surface area contributed by atoms with Gasteiger partial charge >= 0.3 is 0 Å². The molecule has 58 valence electrons. The minimum absolute atomic E-state index is 0. The van der Waals surface area contributed by atoms with E-state index in [0.29, 0.717) is 0 Å². The summed E-state index contributed by atoms with van der Waals surface area (Å²) >= 11 is 0. The molecule has 0 spiro atoms. The van der Waals surface area contributed by atoms with Crippen LogP contribution >= 0.6 is 0 Å². The molecule has 4 atom stereocenters. The largest absolute Gasteiger partial charge is 0.0879 e. The molecule has 0 radical (unpaired) electrons. The van der Waals surface area contributed by atoms with Gasteiger partial charge in [-0.25, -0.2) is 0 Å². The van der Waals surface area contributed by atoms with E-state index < -0.39 is 0 Å². The molecular weight excluding hydrogens is 172 g/mol. The van der Waals surface area contributed by atoms with Gasteiger partial charge in [0.1, 0.15) is 0 Å². The standard InChI is InChI=1S/C10H12.Cr/c1-2-9-7-4-5-8(6-7)10(9)3-1;/h1-2,4-5,7-10H,3,6H2;. The summed E-state index contributed by atoms with van der Waals surface area (Å²) in [4.78, 5) is 0. The Labute approximate surface area is 78.5 Å². The van der Waals surface area contributed by atoms with Gasteiger partial charge in [-0.3, -0.25) is 0 Å². The molecule has 0 heterocycles.